The van der Waals surface area contributed by atoms with Crippen molar-refractivity contribution in [1.29, 1.82) is 0 Å². The van der Waals surface area contributed by atoms with Gasteiger partial charge in [0.05, 0.1) is 23.7 Å². The number of rotatable bonds is 6. The first kappa shape index (κ1) is 16.8. The SMILES string of the molecule is Cc1ccccc1OCCCC(=O)NC1(C)CCS(=O)(=O)C1. The number of sulfone groups is 1. The molecule has 1 fully saturated rings. The molecule has 2 rings (SSSR count). The number of para-hydroxylation sites is 1. The van der Waals surface area contributed by atoms with Crippen LogP contribution in [0, 0.1) is 6.92 Å². The molecule has 1 saturated heterocycles. The average molecular weight is 325 g/mol. The van der Waals surface area contributed by atoms with Crippen molar-refractivity contribution >= 4 is 15.7 Å². The molecule has 0 bridgehead atoms. The maximum Gasteiger partial charge on any atom is 0.220 e. The summed E-state index contributed by atoms with van der Waals surface area (Å²) < 4.78 is 28.7. The van der Waals surface area contributed by atoms with Crippen LogP contribution in [0.4, 0.5) is 0 Å². The third-order valence-corrected chi connectivity index (χ3v) is 5.75. The van der Waals surface area contributed by atoms with Gasteiger partial charge in [0.2, 0.25) is 5.91 Å². The summed E-state index contributed by atoms with van der Waals surface area (Å²) in [5.74, 6) is 0.899. The van der Waals surface area contributed by atoms with Gasteiger partial charge in [0.25, 0.3) is 0 Å². The summed E-state index contributed by atoms with van der Waals surface area (Å²) >= 11 is 0. The van der Waals surface area contributed by atoms with Gasteiger partial charge in [0.1, 0.15) is 5.75 Å². The van der Waals surface area contributed by atoms with E-state index >= 15 is 0 Å². The summed E-state index contributed by atoms with van der Waals surface area (Å²) in [6.45, 7) is 4.23. The van der Waals surface area contributed by atoms with E-state index in [4.69, 9.17) is 4.74 Å². The van der Waals surface area contributed by atoms with Gasteiger partial charge in [0, 0.05) is 6.42 Å². The van der Waals surface area contributed by atoms with E-state index in [0.29, 0.717) is 25.9 Å². The molecule has 0 aliphatic carbocycles. The van der Waals surface area contributed by atoms with E-state index in [0.717, 1.165) is 11.3 Å². The van der Waals surface area contributed by atoms with E-state index in [1.165, 1.54) is 0 Å². The van der Waals surface area contributed by atoms with Gasteiger partial charge in [-0.2, -0.15) is 0 Å². The van der Waals surface area contributed by atoms with Crippen LogP contribution in [-0.2, 0) is 14.6 Å². The number of aryl methyl sites for hydroxylation is 1. The molecular weight excluding hydrogens is 302 g/mol. The Morgan fingerprint density at radius 1 is 1.36 bits per heavy atom. The molecule has 1 aromatic carbocycles. The van der Waals surface area contributed by atoms with Crippen molar-refractivity contribution in [3.8, 4) is 5.75 Å². The Bertz CT molecular complexity index is 641. The molecule has 1 aromatic rings. The third-order valence-electron chi connectivity index (χ3n) is 3.84. The van der Waals surface area contributed by atoms with Crippen molar-refractivity contribution in [2.45, 2.75) is 38.6 Å². The second kappa shape index (κ2) is 6.69. The zero-order chi connectivity index (χ0) is 16.2. The summed E-state index contributed by atoms with van der Waals surface area (Å²) in [6.07, 6.45) is 1.42. The van der Waals surface area contributed by atoms with Crippen molar-refractivity contribution in [2.75, 3.05) is 18.1 Å². The molecule has 0 aromatic heterocycles. The summed E-state index contributed by atoms with van der Waals surface area (Å²) in [5, 5.41) is 2.85. The Balaban J connectivity index is 1.71. The highest BCUT2D eigenvalue weighted by Crippen LogP contribution is 2.23. The fourth-order valence-electron chi connectivity index (χ4n) is 2.64. The van der Waals surface area contributed by atoms with E-state index in [1.807, 2.05) is 31.2 Å². The molecule has 1 aliphatic rings. The molecule has 1 heterocycles. The molecule has 1 N–H and O–H groups in total. The van der Waals surface area contributed by atoms with Crippen LogP contribution in [0.2, 0.25) is 0 Å². The molecule has 1 amide bonds. The van der Waals surface area contributed by atoms with Crippen molar-refractivity contribution in [3.63, 3.8) is 0 Å². The minimum Gasteiger partial charge on any atom is -0.493 e. The Morgan fingerprint density at radius 2 is 2.09 bits per heavy atom. The van der Waals surface area contributed by atoms with Crippen LogP contribution >= 0.6 is 0 Å². The highest BCUT2D eigenvalue weighted by Gasteiger charge is 2.39. The molecule has 1 aliphatic heterocycles. The minimum atomic E-state index is -3.00. The molecule has 0 spiro atoms. The number of hydrogen-bond acceptors (Lipinski definition) is 4. The van der Waals surface area contributed by atoms with E-state index in [1.54, 1.807) is 6.92 Å². The van der Waals surface area contributed by atoms with Gasteiger partial charge < -0.3 is 10.1 Å². The van der Waals surface area contributed by atoms with Crippen LogP contribution in [0.15, 0.2) is 24.3 Å². The number of benzene rings is 1. The van der Waals surface area contributed by atoms with Crippen LogP contribution < -0.4 is 10.1 Å². The standard InChI is InChI=1S/C16H23NO4S/c1-13-6-3-4-7-14(13)21-10-5-8-15(18)17-16(2)9-11-22(19,20)12-16/h3-4,6-7H,5,8-12H2,1-2H3,(H,17,18). The Labute approximate surface area is 132 Å². The molecule has 5 nitrogen and oxygen atoms in total. The zero-order valence-corrected chi connectivity index (χ0v) is 13.9. The number of carbonyl (C=O) groups excluding carboxylic acids is 1. The van der Waals surface area contributed by atoms with Crippen LogP contribution in [0.1, 0.15) is 31.7 Å². The topological polar surface area (TPSA) is 72.5 Å². The van der Waals surface area contributed by atoms with E-state index in [-0.39, 0.29) is 17.4 Å². The second-order valence-electron chi connectivity index (χ2n) is 6.17. The highest BCUT2D eigenvalue weighted by molar-refractivity contribution is 7.91. The molecule has 0 radical (unpaired) electrons. The van der Waals surface area contributed by atoms with Crippen LogP contribution in [-0.4, -0.2) is 38.0 Å². The summed E-state index contributed by atoms with van der Waals surface area (Å²) in [6, 6.07) is 7.74. The first-order valence-corrected chi connectivity index (χ1v) is 9.32. The lowest BCUT2D eigenvalue weighted by molar-refractivity contribution is -0.122. The molecule has 22 heavy (non-hydrogen) atoms. The number of nitrogens with one attached hydrogen (secondary N) is 1. The Hall–Kier alpha value is -1.56. The van der Waals surface area contributed by atoms with Gasteiger partial charge in [0.15, 0.2) is 9.84 Å². The number of hydrogen-bond donors (Lipinski definition) is 1. The van der Waals surface area contributed by atoms with Gasteiger partial charge in [-0.15, -0.1) is 0 Å². The minimum absolute atomic E-state index is 0.0332. The molecule has 1 atom stereocenters. The molecule has 0 saturated carbocycles. The third kappa shape index (κ3) is 4.73. The first-order valence-electron chi connectivity index (χ1n) is 7.50. The molecule has 6 heteroatoms. The van der Waals surface area contributed by atoms with E-state index in [9.17, 15) is 13.2 Å². The zero-order valence-electron chi connectivity index (χ0n) is 13.1. The fourth-order valence-corrected chi connectivity index (χ4v) is 4.73. The van der Waals surface area contributed by atoms with Crippen LogP contribution in [0.25, 0.3) is 0 Å². The fraction of sp³-hybridized carbons (Fsp3) is 0.562. The van der Waals surface area contributed by atoms with Gasteiger partial charge >= 0.3 is 0 Å². The van der Waals surface area contributed by atoms with E-state index in [2.05, 4.69) is 5.32 Å². The van der Waals surface area contributed by atoms with Crippen molar-refractivity contribution in [2.24, 2.45) is 0 Å². The average Bonchev–Trinajstić information content (AvgIpc) is 2.70. The Morgan fingerprint density at radius 3 is 2.73 bits per heavy atom. The normalized spacial score (nSPS) is 23.2. The predicted molar refractivity (Wildman–Crippen MR) is 85.7 cm³/mol. The van der Waals surface area contributed by atoms with Gasteiger partial charge in [-0.1, -0.05) is 18.2 Å². The quantitative estimate of drug-likeness (QED) is 0.810. The summed E-state index contributed by atoms with van der Waals surface area (Å²) in [5.41, 5.74) is 0.447. The number of ether oxygens (including phenoxy) is 1. The predicted octanol–water partition coefficient (Wildman–Crippen LogP) is 1.85. The second-order valence-corrected chi connectivity index (χ2v) is 8.35. The summed E-state index contributed by atoms with van der Waals surface area (Å²) in [7, 11) is -3.00. The van der Waals surface area contributed by atoms with Crippen molar-refractivity contribution in [1.82, 2.24) is 5.32 Å². The lowest BCUT2D eigenvalue weighted by atomic mass is 10.0. The van der Waals surface area contributed by atoms with Gasteiger partial charge in [-0.05, 0) is 38.3 Å². The first-order chi connectivity index (χ1) is 10.3. The molecule has 122 valence electrons. The lowest BCUT2D eigenvalue weighted by Crippen LogP contribution is -2.46. The molecule has 1 unspecified atom stereocenters. The Kier molecular flexibility index (Phi) is 5.11. The van der Waals surface area contributed by atoms with Gasteiger partial charge in [-0.25, -0.2) is 8.42 Å². The van der Waals surface area contributed by atoms with Crippen LogP contribution in [0.3, 0.4) is 0 Å². The summed E-state index contributed by atoms with van der Waals surface area (Å²) in [4.78, 5) is 11.9. The highest BCUT2D eigenvalue weighted by atomic mass is 32.2. The largest absolute Gasteiger partial charge is 0.493 e. The van der Waals surface area contributed by atoms with E-state index < -0.39 is 15.4 Å². The number of amides is 1. The monoisotopic (exact) mass is 325 g/mol. The number of carbonyl (C=O) groups is 1. The van der Waals surface area contributed by atoms with Crippen molar-refractivity contribution < 1.29 is 17.9 Å². The molecular formula is C16H23NO4S. The van der Waals surface area contributed by atoms with Gasteiger partial charge in [-0.3, -0.25) is 4.79 Å². The lowest BCUT2D eigenvalue weighted by Gasteiger charge is -2.23. The smallest absolute Gasteiger partial charge is 0.220 e. The maximum absolute atomic E-state index is 11.9. The maximum atomic E-state index is 11.9. The van der Waals surface area contributed by atoms with Crippen molar-refractivity contribution in [3.05, 3.63) is 29.8 Å². The van der Waals surface area contributed by atoms with Crippen LogP contribution in [0.5, 0.6) is 5.75 Å².